The van der Waals surface area contributed by atoms with E-state index in [0.717, 1.165) is 24.8 Å². The molecular formula is C14H25IN4O3S. The van der Waals surface area contributed by atoms with Gasteiger partial charge in [-0.15, -0.1) is 24.0 Å². The fourth-order valence-corrected chi connectivity index (χ4v) is 2.40. The van der Waals surface area contributed by atoms with Crippen LogP contribution >= 0.6 is 24.0 Å². The highest BCUT2D eigenvalue weighted by molar-refractivity contribution is 14.0. The maximum absolute atomic E-state index is 11.4. The summed E-state index contributed by atoms with van der Waals surface area (Å²) >= 11 is 0. The van der Waals surface area contributed by atoms with Crippen LogP contribution in [0, 0.1) is 0 Å². The second-order valence-electron chi connectivity index (χ2n) is 4.73. The zero-order chi connectivity index (χ0) is 16.4. The zero-order valence-corrected chi connectivity index (χ0v) is 16.8. The summed E-state index contributed by atoms with van der Waals surface area (Å²) in [6.07, 6.45) is 2.01. The highest BCUT2D eigenvalue weighted by atomic mass is 127. The highest BCUT2D eigenvalue weighted by Crippen LogP contribution is 2.15. The number of rotatable bonds is 8. The van der Waals surface area contributed by atoms with Gasteiger partial charge >= 0.3 is 0 Å². The van der Waals surface area contributed by atoms with Gasteiger partial charge in [-0.25, -0.2) is 8.42 Å². The number of aliphatic imine (C=N–C) groups is 1. The van der Waals surface area contributed by atoms with Crippen LogP contribution in [0.2, 0.25) is 0 Å². The Labute approximate surface area is 155 Å². The van der Waals surface area contributed by atoms with E-state index < -0.39 is 10.0 Å². The molecule has 0 bridgehead atoms. The SMILES string of the molecule is CN=C(NCCCOC)NCc1ccccc1NS(C)(=O)=O.I. The molecule has 7 nitrogen and oxygen atoms in total. The second kappa shape index (κ2) is 11.5. The van der Waals surface area contributed by atoms with Crippen molar-refractivity contribution in [1.29, 1.82) is 0 Å². The minimum Gasteiger partial charge on any atom is -0.385 e. The van der Waals surface area contributed by atoms with Gasteiger partial charge in [-0.3, -0.25) is 9.71 Å². The second-order valence-corrected chi connectivity index (χ2v) is 6.48. The molecule has 0 amide bonds. The molecule has 0 aliphatic heterocycles. The van der Waals surface area contributed by atoms with E-state index in [4.69, 9.17) is 4.74 Å². The Morgan fingerprint density at radius 3 is 2.57 bits per heavy atom. The lowest BCUT2D eigenvalue weighted by molar-refractivity contribution is 0.195. The van der Waals surface area contributed by atoms with Crippen molar-refractivity contribution in [1.82, 2.24) is 10.6 Å². The molecule has 9 heteroatoms. The van der Waals surface area contributed by atoms with Crippen LogP contribution in [-0.4, -0.2) is 47.9 Å². The molecule has 23 heavy (non-hydrogen) atoms. The molecule has 0 fully saturated rings. The number of halogens is 1. The Kier molecular flexibility index (Phi) is 10.9. The molecule has 0 unspecified atom stereocenters. The Morgan fingerprint density at radius 1 is 1.26 bits per heavy atom. The summed E-state index contributed by atoms with van der Waals surface area (Å²) in [6, 6.07) is 7.24. The average molecular weight is 456 g/mol. The maximum Gasteiger partial charge on any atom is 0.229 e. The van der Waals surface area contributed by atoms with Crippen molar-refractivity contribution in [2.45, 2.75) is 13.0 Å². The molecule has 0 aromatic heterocycles. The Bertz CT molecular complexity index is 593. The van der Waals surface area contributed by atoms with Gasteiger partial charge in [-0.1, -0.05) is 18.2 Å². The Hall–Kier alpha value is -1.07. The van der Waals surface area contributed by atoms with E-state index in [1.165, 1.54) is 0 Å². The molecule has 0 atom stereocenters. The molecule has 3 N–H and O–H groups in total. The number of nitrogens with one attached hydrogen (secondary N) is 3. The van der Waals surface area contributed by atoms with Crippen LogP contribution in [0.3, 0.4) is 0 Å². The molecule has 1 aromatic rings. The fraction of sp³-hybridized carbons (Fsp3) is 0.500. The molecule has 0 heterocycles. The summed E-state index contributed by atoms with van der Waals surface area (Å²) in [4.78, 5) is 4.12. The summed E-state index contributed by atoms with van der Waals surface area (Å²) in [7, 11) is 0.0504. The summed E-state index contributed by atoms with van der Waals surface area (Å²) in [5, 5.41) is 6.31. The number of nitrogens with zero attached hydrogens (tertiary/aromatic N) is 1. The lowest BCUT2D eigenvalue weighted by Crippen LogP contribution is -2.37. The van der Waals surface area contributed by atoms with Crippen molar-refractivity contribution in [2.24, 2.45) is 4.99 Å². The first-order valence-corrected chi connectivity index (χ1v) is 8.84. The lowest BCUT2D eigenvalue weighted by atomic mass is 10.2. The number of guanidine groups is 1. The maximum atomic E-state index is 11.4. The minimum absolute atomic E-state index is 0. The Balaban J connectivity index is 0.00000484. The van der Waals surface area contributed by atoms with E-state index in [9.17, 15) is 8.42 Å². The van der Waals surface area contributed by atoms with E-state index in [0.29, 0.717) is 24.8 Å². The number of methoxy groups -OCH3 is 1. The van der Waals surface area contributed by atoms with E-state index in [2.05, 4.69) is 20.3 Å². The molecule has 0 aliphatic rings. The van der Waals surface area contributed by atoms with Gasteiger partial charge in [-0.2, -0.15) is 0 Å². The van der Waals surface area contributed by atoms with Gasteiger partial charge in [0.1, 0.15) is 0 Å². The highest BCUT2D eigenvalue weighted by Gasteiger charge is 2.07. The molecule has 132 valence electrons. The van der Waals surface area contributed by atoms with Gasteiger partial charge in [0, 0.05) is 33.9 Å². The van der Waals surface area contributed by atoms with Crippen LogP contribution in [0.1, 0.15) is 12.0 Å². The van der Waals surface area contributed by atoms with Gasteiger partial charge in [0.05, 0.1) is 11.9 Å². The van der Waals surface area contributed by atoms with Gasteiger partial charge in [-0.05, 0) is 18.1 Å². The third-order valence-corrected chi connectivity index (χ3v) is 3.39. The molecular weight excluding hydrogens is 431 g/mol. The van der Waals surface area contributed by atoms with Crippen LogP contribution in [-0.2, 0) is 21.3 Å². The van der Waals surface area contributed by atoms with Gasteiger partial charge < -0.3 is 15.4 Å². The van der Waals surface area contributed by atoms with E-state index in [1.54, 1.807) is 26.3 Å². The third-order valence-electron chi connectivity index (χ3n) is 2.80. The van der Waals surface area contributed by atoms with Crippen molar-refractivity contribution in [3.63, 3.8) is 0 Å². The summed E-state index contributed by atoms with van der Waals surface area (Å²) in [6.45, 7) is 1.89. The first kappa shape index (κ1) is 21.9. The van der Waals surface area contributed by atoms with Crippen molar-refractivity contribution in [3.05, 3.63) is 29.8 Å². The normalized spacial score (nSPS) is 11.5. The monoisotopic (exact) mass is 456 g/mol. The number of para-hydroxylation sites is 1. The number of benzene rings is 1. The molecule has 0 aliphatic carbocycles. The quantitative estimate of drug-likeness (QED) is 0.238. The van der Waals surface area contributed by atoms with Crippen LogP contribution in [0.25, 0.3) is 0 Å². The predicted octanol–water partition coefficient (Wildman–Crippen LogP) is 1.38. The molecule has 0 radical (unpaired) electrons. The standard InChI is InChI=1S/C14H24N4O3S.HI/c1-15-14(16-9-6-10-21-2)17-11-12-7-4-5-8-13(12)18-22(3,19)20;/h4-5,7-8,18H,6,9-11H2,1-3H3,(H2,15,16,17);1H. The van der Waals surface area contributed by atoms with E-state index in [1.807, 2.05) is 12.1 Å². The molecule has 1 rings (SSSR count). The summed E-state index contributed by atoms with van der Waals surface area (Å²) in [5.41, 5.74) is 1.40. The number of hydrogen-bond acceptors (Lipinski definition) is 4. The first-order valence-electron chi connectivity index (χ1n) is 6.95. The van der Waals surface area contributed by atoms with Crippen LogP contribution in [0.15, 0.2) is 29.3 Å². The molecule has 0 saturated heterocycles. The Morgan fingerprint density at radius 2 is 1.96 bits per heavy atom. The molecule has 0 spiro atoms. The number of sulfonamides is 1. The number of anilines is 1. The topological polar surface area (TPSA) is 91.8 Å². The fourth-order valence-electron chi connectivity index (χ4n) is 1.80. The van der Waals surface area contributed by atoms with Crippen LogP contribution in [0.5, 0.6) is 0 Å². The van der Waals surface area contributed by atoms with Crippen LogP contribution in [0.4, 0.5) is 5.69 Å². The summed E-state index contributed by atoms with van der Waals surface area (Å²) in [5.74, 6) is 0.658. The minimum atomic E-state index is -3.30. The van der Waals surface area contributed by atoms with E-state index in [-0.39, 0.29) is 24.0 Å². The molecule has 1 aromatic carbocycles. The summed E-state index contributed by atoms with van der Waals surface area (Å²) < 4.78 is 30.2. The van der Waals surface area contributed by atoms with Gasteiger partial charge in [0.15, 0.2) is 5.96 Å². The van der Waals surface area contributed by atoms with Crippen molar-refractivity contribution in [2.75, 3.05) is 38.3 Å². The number of hydrogen-bond donors (Lipinski definition) is 3. The van der Waals surface area contributed by atoms with Gasteiger partial charge in [0.2, 0.25) is 10.0 Å². The predicted molar refractivity (Wildman–Crippen MR) is 105 cm³/mol. The smallest absolute Gasteiger partial charge is 0.229 e. The van der Waals surface area contributed by atoms with E-state index >= 15 is 0 Å². The average Bonchev–Trinajstić information content (AvgIpc) is 2.46. The number of ether oxygens (including phenoxy) is 1. The van der Waals surface area contributed by atoms with Crippen molar-refractivity contribution < 1.29 is 13.2 Å². The van der Waals surface area contributed by atoms with Crippen molar-refractivity contribution >= 4 is 45.6 Å². The zero-order valence-electron chi connectivity index (χ0n) is 13.6. The van der Waals surface area contributed by atoms with Crippen molar-refractivity contribution in [3.8, 4) is 0 Å². The largest absolute Gasteiger partial charge is 0.385 e. The molecule has 0 saturated carbocycles. The van der Waals surface area contributed by atoms with Gasteiger partial charge in [0.25, 0.3) is 0 Å². The van der Waals surface area contributed by atoms with Crippen LogP contribution < -0.4 is 15.4 Å². The first-order chi connectivity index (χ1) is 10.5. The lowest BCUT2D eigenvalue weighted by Gasteiger charge is -2.14. The third kappa shape index (κ3) is 9.61.